The summed E-state index contributed by atoms with van der Waals surface area (Å²) < 4.78 is 22.5. The molecule has 0 amide bonds. The van der Waals surface area contributed by atoms with Gasteiger partial charge in [0.2, 0.25) is 0 Å². The molecule has 0 bridgehead atoms. The van der Waals surface area contributed by atoms with Crippen LogP contribution in [0.15, 0.2) is 42.3 Å². The van der Waals surface area contributed by atoms with Crippen LogP contribution >= 0.6 is 0 Å². The molecular weight excluding hydrogens is 186 g/mol. The Morgan fingerprint density at radius 1 is 1.31 bits per heavy atom. The second-order valence-corrected chi connectivity index (χ2v) is 4.61. The number of rotatable bonds is 3. The highest BCUT2D eigenvalue weighted by Gasteiger charge is 2.18. The number of hydrogen-bond acceptors (Lipinski definition) is 3. The summed E-state index contributed by atoms with van der Waals surface area (Å²) in [4.78, 5) is 0. The topological polar surface area (TPSA) is 60.2 Å². The highest BCUT2D eigenvalue weighted by Crippen LogP contribution is 2.16. The van der Waals surface area contributed by atoms with Crippen molar-refractivity contribution >= 4 is 9.84 Å². The van der Waals surface area contributed by atoms with Crippen molar-refractivity contribution in [2.24, 2.45) is 5.73 Å². The molecule has 0 radical (unpaired) electrons. The molecule has 0 aliphatic rings. The van der Waals surface area contributed by atoms with E-state index in [0.717, 1.165) is 5.41 Å². The normalized spacial score (nSPS) is 13.6. The standard InChI is InChI=1S/C9H11NO2S/c1-2-13(11,12)9(10)8-6-4-3-5-7-8/h2-7,9H,1,10H2. The van der Waals surface area contributed by atoms with E-state index >= 15 is 0 Å². The van der Waals surface area contributed by atoms with Crippen molar-refractivity contribution in [2.75, 3.05) is 0 Å². The quantitative estimate of drug-likeness (QED) is 0.792. The van der Waals surface area contributed by atoms with Crippen LogP contribution in [0, 0.1) is 0 Å². The van der Waals surface area contributed by atoms with Crippen molar-refractivity contribution in [2.45, 2.75) is 5.37 Å². The fourth-order valence-corrected chi connectivity index (χ4v) is 1.68. The summed E-state index contributed by atoms with van der Waals surface area (Å²) in [6.07, 6.45) is 0. The highest BCUT2D eigenvalue weighted by atomic mass is 32.2. The van der Waals surface area contributed by atoms with Gasteiger partial charge in [-0.2, -0.15) is 0 Å². The largest absolute Gasteiger partial charge is 0.311 e. The summed E-state index contributed by atoms with van der Waals surface area (Å²) in [5, 5.41) is -0.129. The maximum absolute atomic E-state index is 11.3. The predicted octanol–water partition coefficient (Wildman–Crippen LogP) is 1.20. The molecular formula is C9H11NO2S. The lowest BCUT2D eigenvalue weighted by atomic mass is 10.2. The monoisotopic (exact) mass is 197 g/mol. The molecule has 1 rings (SSSR count). The Balaban J connectivity index is 3.06. The van der Waals surface area contributed by atoms with Crippen molar-refractivity contribution in [1.29, 1.82) is 0 Å². The molecule has 1 atom stereocenters. The van der Waals surface area contributed by atoms with E-state index in [2.05, 4.69) is 6.58 Å². The molecule has 70 valence electrons. The molecule has 2 N–H and O–H groups in total. The Hall–Kier alpha value is -1.13. The van der Waals surface area contributed by atoms with Gasteiger partial charge in [-0.1, -0.05) is 36.9 Å². The molecule has 1 aromatic rings. The summed E-state index contributed by atoms with van der Waals surface area (Å²) in [6, 6.07) is 8.63. The lowest BCUT2D eigenvalue weighted by Crippen LogP contribution is -2.19. The highest BCUT2D eigenvalue weighted by molar-refractivity contribution is 7.94. The van der Waals surface area contributed by atoms with Crippen LogP contribution < -0.4 is 5.73 Å². The van der Waals surface area contributed by atoms with Gasteiger partial charge >= 0.3 is 0 Å². The molecule has 3 nitrogen and oxygen atoms in total. The van der Waals surface area contributed by atoms with Crippen molar-refractivity contribution in [3.05, 3.63) is 47.9 Å². The van der Waals surface area contributed by atoms with Crippen molar-refractivity contribution in [1.82, 2.24) is 0 Å². The van der Waals surface area contributed by atoms with Crippen LogP contribution in [-0.2, 0) is 9.84 Å². The Kier molecular flexibility index (Phi) is 2.85. The molecule has 1 aromatic carbocycles. The molecule has 0 saturated carbocycles. The Labute approximate surface area is 77.8 Å². The van der Waals surface area contributed by atoms with E-state index in [9.17, 15) is 8.42 Å². The third kappa shape index (κ3) is 2.17. The maximum Gasteiger partial charge on any atom is 0.190 e. The first kappa shape index (κ1) is 9.95. The third-order valence-electron chi connectivity index (χ3n) is 1.71. The lowest BCUT2D eigenvalue weighted by molar-refractivity contribution is 0.593. The van der Waals surface area contributed by atoms with Gasteiger partial charge in [0.15, 0.2) is 9.84 Å². The molecule has 13 heavy (non-hydrogen) atoms. The minimum absolute atomic E-state index is 0.572. The Morgan fingerprint density at radius 3 is 2.31 bits per heavy atom. The van der Waals surface area contributed by atoms with Gasteiger partial charge in [-0.15, -0.1) is 0 Å². The van der Waals surface area contributed by atoms with Crippen LogP contribution in [0.5, 0.6) is 0 Å². The van der Waals surface area contributed by atoms with Gasteiger partial charge in [-0.3, -0.25) is 0 Å². The number of sulfone groups is 1. The zero-order valence-corrected chi connectivity index (χ0v) is 7.87. The fraction of sp³-hybridized carbons (Fsp3) is 0.111. The molecule has 1 unspecified atom stereocenters. The first-order chi connectivity index (χ1) is 6.08. The summed E-state index contributed by atoms with van der Waals surface area (Å²) >= 11 is 0. The third-order valence-corrected chi connectivity index (χ3v) is 3.16. The second kappa shape index (κ2) is 3.72. The summed E-state index contributed by atoms with van der Waals surface area (Å²) in [5.74, 6) is 0. The molecule has 4 heteroatoms. The van der Waals surface area contributed by atoms with E-state index in [1.165, 1.54) is 0 Å². The summed E-state index contributed by atoms with van der Waals surface area (Å²) in [7, 11) is -3.41. The van der Waals surface area contributed by atoms with Crippen molar-refractivity contribution in [3.63, 3.8) is 0 Å². The molecule has 0 aromatic heterocycles. The minimum atomic E-state index is -3.41. The second-order valence-electron chi connectivity index (χ2n) is 2.59. The summed E-state index contributed by atoms with van der Waals surface area (Å²) in [6.45, 7) is 3.21. The van der Waals surface area contributed by atoms with Gasteiger partial charge in [-0.25, -0.2) is 8.42 Å². The van der Waals surface area contributed by atoms with Gasteiger partial charge < -0.3 is 5.73 Å². The van der Waals surface area contributed by atoms with Gasteiger partial charge in [0.25, 0.3) is 0 Å². The predicted molar refractivity (Wildman–Crippen MR) is 52.5 cm³/mol. The lowest BCUT2D eigenvalue weighted by Gasteiger charge is -2.09. The molecule has 0 heterocycles. The van der Waals surface area contributed by atoms with Crippen LogP contribution in [0.25, 0.3) is 0 Å². The van der Waals surface area contributed by atoms with Crippen LogP contribution in [0.4, 0.5) is 0 Å². The van der Waals surface area contributed by atoms with Crippen LogP contribution in [-0.4, -0.2) is 8.42 Å². The average Bonchev–Trinajstić information content (AvgIpc) is 2.18. The van der Waals surface area contributed by atoms with E-state index in [-0.39, 0.29) is 0 Å². The van der Waals surface area contributed by atoms with Crippen LogP contribution in [0.3, 0.4) is 0 Å². The van der Waals surface area contributed by atoms with Gasteiger partial charge in [-0.05, 0) is 5.56 Å². The smallest absolute Gasteiger partial charge is 0.190 e. The molecule has 0 aliphatic heterocycles. The van der Waals surface area contributed by atoms with Crippen LogP contribution in [0.1, 0.15) is 10.9 Å². The van der Waals surface area contributed by atoms with Crippen molar-refractivity contribution < 1.29 is 8.42 Å². The zero-order chi connectivity index (χ0) is 9.90. The fourth-order valence-electron chi connectivity index (χ4n) is 0.936. The number of hydrogen-bond donors (Lipinski definition) is 1. The molecule has 0 saturated heterocycles. The SMILES string of the molecule is C=CS(=O)(=O)C(N)c1ccccc1. The zero-order valence-electron chi connectivity index (χ0n) is 7.05. The molecule has 0 aliphatic carbocycles. The van der Waals surface area contributed by atoms with Gasteiger partial charge in [0.05, 0.1) is 0 Å². The van der Waals surface area contributed by atoms with Crippen LogP contribution in [0.2, 0.25) is 0 Å². The van der Waals surface area contributed by atoms with Gasteiger partial charge in [0.1, 0.15) is 5.37 Å². The van der Waals surface area contributed by atoms with Gasteiger partial charge in [0, 0.05) is 5.41 Å². The summed E-state index contributed by atoms with van der Waals surface area (Å²) in [5.41, 5.74) is 6.10. The average molecular weight is 197 g/mol. The first-order valence-corrected chi connectivity index (χ1v) is 5.36. The van der Waals surface area contributed by atoms with E-state index in [1.807, 2.05) is 0 Å². The van der Waals surface area contributed by atoms with E-state index in [4.69, 9.17) is 5.73 Å². The maximum atomic E-state index is 11.3. The molecule has 0 fully saturated rings. The van der Waals surface area contributed by atoms with E-state index < -0.39 is 15.2 Å². The minimum Gasteiger partial charge on any atom is -0.311 e. The Bertz CT molecular complexity index is 383. The van der Waals surface area contributed by atoms with E-state index in [1.54, 1.807) is 30.3 Å². The van der Waals surface area contributed by atoms with Crippen molar-refractivity contribution in [3.8, 4) is 0 Å². The first-order valence-electron chi connectivity index (χ1n) is 3.75. The Morgan fingerprint density at radius 2 is 1.85 bits per heavy atom. The molecule has 0 spiro atoms. The van der Waals surface area contributed by atoms with E-state index in [0.29, 0.717) is 5.56 Å². The number of nitrogens with two attached hydrogens (primary N) is 1. The number of benzene rings is 1.